The number of benzene rings is 4. The van der Waals surface area contributed by atoms with E-state index in [1.54, 1.807) is 0 Å². The molecule has 0 aromatic heterocycles. The molecule has 0 atom stereocenters. The van der Waals surface area contributed by atoms with Crippen molar-refractivity contribution in [3.63, 3.8) is 0 Å². The Hall–Kier alpha value is -3.90. The predicted octanol–water partition coefficient (Wildman–Crippen LogP) is 10.2. The lowest BCUT2D eigenvalue weighted by atomic mass is 9.81. The lowest BCUT2D eigenvalue weighted by Crippen LogP contribution is -2.12. The van der Waals surface area contributed by atoms with Gasteiger partial charge < -0.3 is 0 Å². The Bertz CT molecular complexity index is 1520. The highest BCUT2D eigenvalue weighted by molar-refractivity contribution is 5.87. The molecule has 0 fully saturated rings. The first-order chi connectivity index (χ1) is 18.6. The van der Waals surface area contributed by atoms with Crippen molar-refractivity contribution in [2.45, 2.75) is 58.3 Å². The molecular weight excluding hydrogens is 468 g/mol. The van der Waals surface area contributed by atoms with Crippen molar-refractivity contribution >= 4 is 5.57 Å². The number of hydrogen-bond acceptors (Lipinski definition) is 0. The van der Waals surface area contributed by atoms with Crippen molar-refractivity contribution in [2.75, 3.05) is 0 Å². The summed E-state index contributed by atoms with van der Waals surface area (Å²) in [5, 5.41) is 0. The second-order valence-corrected chi connectivity index (χ2v) is 13.0. The molecule has 0 heteroatoms. The molecule has 193 valence electrons. The molecule has 4 aromatic carbocycles. The van der Waals surface area contributed by atoms with Crippen LogP contribution >= 0.6 is 0 Å². The Morgan fingerprint density at radius 3 is 1.46 bits per heavy atom. The van der Waals surface area contributed by atoms with Crippen LogP contribution in [0.4, 0.5) is 0 Å². The fourth-order valence-corrected chi connectivity index (χ4v) is 5.94. The van der Waals surface area contributed by atoms with E-state index >= 15 is 0 Å². The summed E-state index contributed by atoms with van der Waals surface area (Å²) in [6.07, 6.45) is 8.48. The van der Waals surface area contributed by atoms with E-state index in [4.69, 9.17) is 0 Å². The summed E-state index contributed by atoms with van der Waals surface area (Å²) in [6, 6.07) is 35.7. The third kappa shape index (κ3) is 4.63. The Kier molecular flexibility index (Phi) is 6.11. The molecule has 0 aliphatic heterocycles. The summed E-state index contributed by atoms with van der Waals surface area (Å²) in [7, 11) is 0. The van der Waals surface area contributed by atoms with Gasteiger partial charge in [0.25, 0.3) is 0 Å². The van der Waals surface area contributed by atoms with Crippen LogP contribution in [0.1, 0.15) is 80.8 Å². The van der Waals surface area contributed by atoms with Gasteiger partial charge >= 0.3 is 0 Å². The topological polar surface area (TPSA) is 0 Å². The Balaban J connectivity index is 1.56. The maximum atomic E-state index is 3.91. The van der Waals surface area contributed by atoms with Crippen molar-refractivity contribution in [1.82, 2.24) is 0 Å². The lowest BCUT2D eigenvalue weighted by molar-refractivity contribution is 0.589. The van der Waals surface area contributed by atoms with Crippen LogP contribution in [0.2, 0.25) is 0 Å². The van der Waals surface area contributed by atoms with Crippen LogP contribution in [0, 0.1) is 6.08 Å². The van der Waals surface area contributed by atoms with Gasteiger partial charge in [-0.1, -0.05) is 151 Å². The van der Waals surface area contributed by atoms with E-state index in [9.17, 15) is 0 Å². The summed E-state index contributed by atoms with van der Waals surface area (Å²) >= 11 is 0. The van der Waals surface area contributed by atoms with Crippen molar-refractivity contribution in [1.29, 1.82) is 0 Å². The average Bonchev–Trinajstić information content (AvgIpc) is 3.51. The van der Waals surface area contributed by atoms with Gasteiger partial charge in [-0.25, -0.2) is 0 Å². The van der Waals surface area contributed by atoms with Crippen molar-refractivity contribution in [3.05, 3.63) is 160 Å². The number of fused-ring (bicyclic) bond motifs is 3. The van der Waals surface area contributed by atoms with E-state index in [0.717, 1.165) is 5.57 Å². The third-order valence-electron chi connectivity index (χ3n) is 8.16. The zero-order valence-corrected chi connectivity index (χ0v) is 24.0. The van der Waals surface area contributed by atoms with Crippen molar-refractivity contribution in [3.8, 4) is 11.1 Å². The fourth-order valence-electron chi connectivity index (χ4n) is 5.94. The summed E-state index contributed by atoms with van der Waals surface area (Å²) in [5.74, 6) is 0.168. The molecular formula is C39H37. The van der Waals surface area contributed by atoms with Crippen LogP contribution in [0.15, 0.2) is 120 Å². The molecule has 0 heterocycles. The van der Waals surface area contributed by atoms with E-state index in [-0.39, 0.29) is 16.7 Å². The van der Waals surface area contributed by atoms with E-state index in [2.05, 4.69) is 157 Å². The minimum absolute atomic E-state index is 0.0907. The Labute approximate surface area is 234 Å². The van der Waals surface area contributed by atoms with Gasteiger partial charge in [-0.3, -0.25) is 0 Å². The summed E-state index contributed by atoms with van der Waals surface area (Å²) in [6.45, 7) is 13.8. The maximum absolute atomic E-state index is 3.91. The molecule has 0 unspecified atom stereocenters. The lowest BCUT2D eigenvalue weighted by Gasteiger charge is -2.23. The molecule has 0 saturated carbocycles. The van der Waals surface area contributed by atoms with E-state index in [1.807, 2.05) is 0 Å². The zero-order valence-electron chi connectivity index (χ0n) is 24.0. The van der Waals surface area contributed by atoms with Gasteiger partial charge in [0, 0.05) is 5.92 Å². The molecule has 0 amide bonds. The quantitative estimate of drug-likeness (QED) is 0.260. The highest BCUT2D eigenvalue weighted by Gasteiger charge is 2.34. The first-order valence-electron chi connectivity index (χ1n) is 14.1. The number of hydrogen-bond donors (Lipinski definition) is 0. The van der Waals surface area contributed by atoms with Crippen molar-refractivity contribution < 1.29 is 0 Å². The molecule has 1 radical (unpaired) electrons. The number of rotatable bonds is 3. The predicted molar refractivity (Wildman–Crippen MR) is 166 cm³/mol. The first kappa shape index (κ1) is 25.4. The van der Waals surface area contributed by atoms with Gasteiger partial charge in [0.15, 0.2) is 0 Å². The second-order valence-electron chi connectivity index (χ2n) is 13.0. The maximum Gasteiger partial charge on any atom is 0.0358 e. The smallest absolute Gasteiger partial charge is 0.0358 e. The number of allylic oxidation sites excluding steroid dienone is 5. The van der Waals surface area contributed by atoms with Crippen LogP contribution in [0.3, 0.4) is 0 Å². The molecule has 39 heavy (non-hydrogen) atoms. The summed E-state index contributed by atoms with van der Waals surface area (Å²) in [4.78, 5) is 0. The minimum Gasteiger partial charge on any atom is -0.0622 e. The Morgan fingerprint density at radius 2 is 1.03 bits per heavy atom. The standard InChI is InChI=1S/C39H37/c1-38(2,3)30-19-21-32-33-22-20-31(39(4,5)6)25-35(33)37(34(32)24-30)29-18-17-28(23-29)36(26-13-9-7-10-14-26)27-15-11-8-12-16-27/h7-22,24-25,37H,1-6H3. The highest BCUT2D eigenvalue weighted by atomic mass is 14.4. The van der Waals surface area contributed by atoms with Gasteiger partial charge in [0.05, 0.1) is 0 Å². The average molecular weight is 506 g/mol. The van der Waals surface area contributed by atoms with Crippen LogP contribution in [0.5, 0.6) is 0 Å². The molecule has 0 nitrogen and oxygen atoms in total. The molecule has 4 aromatic rings. The highest BCUT2D eigenvalue weighted by Crippen LogP contribution is 2.51. The van der Waals surface area contributed by atoms with Gasteiger partial charge in [-0.05, 0) is 78.1 Å². The molecule has 0 bridgehead atoms. The minimum atomic E-state index is 0.0907. The van der Waals surface area contributed by atoms with Crippen LogP contribution in [-0.2, 0) is 10.8 Å². The van der Waals surface area contributed by atoms with Gasteiger partial charge in [0.1, 0.15) is 0 Å². The summed E-state index contributed by atoms with van der Waals surface area (Å²) < 4.78 is 0. The molecule has 0 N–H and O–H groups in total. The molecule has 2 aliphatic carbocycles. The van der Waals surface area contributed by atoms with Gasteiger partial charge in [0.2, 0.25) is 0 Å². The SMILES string of the molecule is CC(C)(C)c1ccc2c(c1)C(C1=[C]C(=C(c3ccccc3)c3ccccc3)C=C1)c1cc(C(C)(C)C)ccc1-2. The molecule has 0 spiro atoms. The summed E-state index contributed by atoms with van der Waals surface area (Å²) in [5.41, 5.74) is 14.5. The van der Waals surface area contributed by atoms with Gasteiger partial charge in [-0.15, -0.1) is 0 Å². The second kappa shape index (κ2) is 9.38. The molecule has 0 saturated heterocycles. The Morgan fingerprint density at radius 1 is 0.564 bits per heavy atom. The third-order valence-corrected chi connectivity index (χ3v) is 8.16. The van der Waals surface area contributed by atoms with E-state index < -0.39 is 0 Å². The zero-order chi connectivity index (χ0) is 27.4. The monoisotopic (exact) mass is 505 g/mol. The van der Waals surface area contributed by atoms with Gasteiger partial charge in [-0.2, -0.15) is 0 Å². The van der Waals surface area contributed by atoms with Crippen LogP contribution in [-0.4, -0.2) is 0 Å². The molecule has 6 rings (SSSR count). The largest absolute Gasteiger partial charge is 0.0622 e. The van der Waals surface area contributed by atoms with Crippen LogP contribution in [0.25, 0.3) is 16.7 Å². The fraction of sp³-hybridized carbons (Fsp3) is 0.231. The first-order valence-corrected chi connectivity index (χ1v) is 14.1. The van der Waals surface area contributed by atoms with Crippen LogP contribution < -0.4 is 0 Å². The van der Waals surface area contributed by atoms with E-state index in [0.29, 0.717) is 0 Å². The molecule has 2 aliphatic rings. The van der Waals surface area contributed by atoms with E-state index in [1.165, 1.54) is 55.7 Å². The normalized spacial score (nSPS) is 14.8. The van der Waals surface area contributed by atoms with Crippen molar-refractivity contribution in [2.24, 2.45) is 0 Å².